The summed E-state index contributed by atoms with van der Waals surface area (Å²) in [6.45, 7) is 10.3. The number of aromatic nitrogens is 5. The number of hydrogen-bond donors (Lipinski definition) is 1. The SMILES string of the molecule is CCN(CC)c1nc2ccc(Cl)cc2c(-c2cccc(C(C)C)c2)c1-c1nn[nH]n1. The van der Waals surface area contributed by atoms with Gasteiger partial charge in [0, 0.05) is 29.1 Å². The summed E-state index contributed by atoms with van der Waals surface area (Å²) in [6.07, 6.45) is 0. The summed E-state index contributed by atoms with van der Waals surface area (Å²) in [7, 11) is 0. The quantitative estimate of drug-likeness (QED) is 0.433. The predicted molar refractivity (Wildman–Crippen MR) is 123 cm³/mol. The van der Waals surface area contributed by atoms with Crippen LogP contribution in [0.2, 0.25) is 5.02 Å². The number of halogens is 1. The number of rotatable bonds is 6. The van der Waals surface area contributed by atoms with Crippen LogP contribution in [-0.4, -0.2) is 38.7 Å². The lowest BCUT2D eigenvalue weighted by Gasteiger charge is -2.25. The molecule has 0 aliphatic carbocycles. The van der Waals surface area contributed by atoms with Gasteiger partial charge < -0.3 is 4.90 Å². The summed E-state index contributed by atoms with van der Waals surface area (Å²) >= 11 is 6.41. The van der Waals surface area contributed by atoms with Crippen LogP contribution in [0.3, 0.4) is 0 Å². The summed E-state index contributed by atoms with van der Waals surface area (Å²) in [5.74, 6) is 1.79. The maximum Gasteiger partial charge on any atom is 0.209 e. The van der Waals surface area contributed by atoms with E-state index in [9.17, 15) is 0 Å². The number of H-pyrrole nitrogens is 1. The molecule has 0 unspecified atom stereocenters. The van der Waals surface area contributed by atoms with Crippen molar-refractivity contribution in [2.45, 2.75) is 33.6 Å². The van der Waals surface area contributed by atoms with Crippen molar-refractivity contribution in [3.8, 4) is 22.5 Å². The third kappa shape index (κ3) is 3.63. The van der Waals surface area contributed by atoms with Gasteiger partial charge in [-0.1, -0.05) is 49.7 Å². The fourth-order valence-corrected chi connectivity index (χ4v) is 3.98. The van der Waals surface area contributed by atoms with Crippen LogP contribution >= 0.6 is 11.6 Å². The monoisotopic (exact) mass is 420 g/mol. The van der Waals surface area contributed by atoms with Crippen molar-refractivity contribution < 1.29 is 0 Å². The highest BCUT2D eigenvalue weighted by atomic mass is 35.5. The minimum Gasteiger partial charge on any atom is -0.357 e. The average molecular weight is 421 g/mol. The second kappa shape index (κ2) is 8.40. The number of tetrazole rings is 1. The highest BCUT2D eigenvalue weighted by molar-refractivity contribution is 6.31. The van der Waals surface area contributed by atoms with E-state index < -0.39 is 0 Å². The normalized spacial score (nSPS) is 11.4. The number of hydrogen-bond acceptors (Lipinski definition) is 5. The Kier molecular flexibility index (Phi) is 5.68. The number of fused-ring (bicyclic) bond motifs is 1. The zero-order valence-corrected chi connectivity index (χ0v) is 18.4. The van der Waals surface area contributed by atoms with E-state index in [1.807, 2.05) is 18.2 Å². The molecular formula is C23H25ClN6. The van der Waals surface area contributed by atoms with E-state index in [1.165, 1.54) is 5.56 Å². The fourth-order valence-electron chi connectivity index (χ4n) is 3.81. The molecule has 0 saturated carbocycles. The highest BCUT2D eigenvalue weighted by Gasteiger charge is 2.24. The molecule has 2 aromatic carbocycles. The molecular weight excluding hydrogens is 396 g/mol. The summed E-state index contributed by atoms with van der Waals surface area (Å²) in [5, 5.41) is 16.7. The first kappa shape index (κ1) is 20.3. The molecule has 1 N–H and O–H groups in total. The first-order chi connectivity index (χ1) is 14.5. The maximum atomic E-state index is 6.41. The Bertz CT molecular complexity index is 1170. The van der Waals surface area contributed by atoms with Crippen LogP contribution in [0, 0.1) is 0 Å². The number of nitrogens with one attached hydrogen (secondary N) is 1. The van der Waals surface area contributed by atoms with Crippen molar-refractivity contribution in [3.05, 3.63) is 53.1 Å². The van der Waals surface area contributed by atoms with Gasteiger partial charge in [0.1, 0.15) is 5.82 Å². The van der Waals surface area contributed by atoms with Gasteiger partial charge >= 0.3 is 0 Å². The van der Waals surface area contributed by atoms with Gasteiger partial charge in [-0.3, -0.25) is 0 Å². The number of nitrogens with zero attached hydrogens (tertiary/aromatic N) is 5. The summed E-state index contributed by atoms with van der Waals surface area (Å²) in [5.41, 5.74) is 5.13. The van der Waals surface area contributed by atoms with Crippen LogP contribution in [0.15, 0.2) is 42.5 Å². The van der Waals surface area contributed by atoms with Crippen molar-refractivity contribution in [3.63, 3.8) is 0 Å². The standard InChI is InChI=1S/C23H25ClN6/c1-5-30(6-2)23-21(22-26-28-29-27-22)20(16-9-7-8-15(12-16)14(3)4)18-13-17(24)10-11-19(18)25-23/h7-14H,5-6H2,1-4H3,(H,26,27,28,29). The average Bonchev–Trinajstić information content (AvgIpc) is 3.28. The number of pyridine rings is 1. The molecule has 6 nitrogen and oxygen atoms in total. The van der Waals surface area contributed by atoms with Crippen molar-refractivity contribution >= 4 is 28.3 Å². The first-order valence-electron chi connectivity index (χ1n) is 10.3. The van der Waals surface area contributed by atoms with Crippen LogP contribution < -0.4 is 4.90 Å². The molecule has 0 spiro atoms. The number of benzene rings is 2. The van der Waals surface area contributed by atoms with Gasteiger partial charge in [0.2, 0.25) is 5.82 Å². The van der Waals surface area contributed by atoms with E-state index in [0.29, 0.717) is 16.8 Å². The van der Waals surface area contributed by atoms with Crippen LogP contribution in [0.5, 0.6) is 0 Å². The molecule has 0 saturated heterocycles. The minimum atomic E-state index is 0.414. The topological polar surface area (TPSA) is 70.6 Å². The van der Waals surface area contributed by atoms with Crippen LogP contribution in [0.4, 0.5) is 5.82 Å². The van der Waals surface area contributed by atoms with Gasteiger partial charge in [-0.05, 0) is 54.3 Å². The highest BCUT2D eigenvalue weighted by Crippen LogP contribution is 2.42. The first-order valence-corrected chi connectivity index (χ1v) is 10.6. The Hall–Kier alpha value is -2.99. The lowest BCUT2D eigenvalue weighted by Crippen LogP contribution is -2.24. The predicted octanol–water partition coefficient (Wildman–Crippen LogP) is 5.70. The molecule has 0 bridgehead atoms. The molecule has 0 radical (unpaired) electrons. The maximum absolute atomic E-state index is 6.41. The van der Waals surface area contributed by atoms with Gasteiger partial charge in [0.05, 0.1) is 11.1 Å². The molecule has 0 aliphatic heterocycles. The van der Waals surface area contributed by atoms with Crippen molar-refractivity contribution in [1.29, 1.82) is 0 Å². The minimum absolute atomic E-state index is 0.414. The Balaban J connectivity index is 2.16. The van der Waals surface area contributed by atoms with Crippen molar-refractivity contribution in [2.75, 3.05) is 18.0 Å². The largest absolute Gasteiger partial charge is 0.357 e. The Morgan fingerprint density at radius 1 is 1.03 bits per heavy atom. The smallest absolute Gasteiger partial charge is 0.209 e. The third-order valence-electron chi connectivity index (χ3n) is 5.40. The lowest BCUT2D eigenvalue weighted by molar-refractivity contribution is 0.850. The van der Waals surface area contributed by atoms with E-state index in [4.69, 9.17) is 16.6 Å². The zero-order valence-electron chi connectivity index (χ0n) is 17.6. The second-order valence-electron chi connectivity index (χ2n) is 7.53. The van der Waals surface area contributed by atoms with Crippen molar-refractivity contribution in [1.82, 2.24) is 25.6 Å². The van der Waals surface area contributed by atoms with Gasteiger partial charge in [-0.2, -0.15) is 5.21 Å². The number of aromatic amines is 1. The molecule has 0 amide bonds. The molecule has 0 aliphatic rings. The summed E-state index contributed by atoms with van der Waals surface area (Å²) < 4.78 is 0. The van der Waals surface area contributed by atoms with Crippen LogP contribution in [0.1, 0.15) is 39.2 Å². The summed E-state index contributed by atoms with van der Waals surface area (Å²) in [4.78, 5) is 7.22. The summed E-state index contributed by atoms with van der Waals surface area (Å²) in [6, 6.07) is 14.4. The van der Waals surface area contributed by atoms with E-state index in [0.717, 1.165) is 46.5 Å². The van der Waals surface area contributed by atoms with Crippen LogP contribution in [0.25, 0.3) is 33.4 Å². The van der Waals surface area contributed by atoms with Gasteiger partial charge in [0.25, 0.3) is 0 Å². The molecule has 0 atom stereocenters. The van der Waals surface area contributed by atoms with Gasteiger partial charge in [-0.25, -0.2) is 4.98 Å². The second-order valence-corrected chi connectivity index (χ2v) is 7.97. The molecule has 30 heavy (non-hydrogen) atoms. The molecule has 7 heteroatoms. The van der Waals surface area contributed by atoms with Gasteiger partial charge in [-0.15, -0.1) is 10.2 Å². The van der Waals surface area contributed by atoms with E-state index >= 15 is 0 Å². The van der Waals surface area contributed by atoms with E-state index in [-0.39, 0.29) is 0 Å². The fraction of sp³-hybridized carbons (Fsp3) is 0.304. The Labute approximate surface area is 181 Å². The molecule has 154 valence electrons. The Morgan fingerprint density at radius 2 is 1.83 bits per heavy atom. The van der Waals surface area contributed by atoms with Crippen LogP contribution in [-0.2, 0) is 0 Å². The van der Waals surface area contributed by atoms with Crippen molar-refractivity contribution in [2.24, 2.45) is 0 Å². The third-order valence-corrected chi connectivity index (χ3v) is 5.64. The molecule has 2 heterocycles. The van der Waals surface area contributed by atoms with Gasteiger partial charge in [0.15, 0.2) is 0 Å². The number of anilines is 1. The van der Waals surface area contributed by atoms with E-state index in [1.54, 1.807) is 0 Å². The molecule has 4 aromatic rings. The van der Waals surface area contributed by atoms with E-state index in [2.05, 4.69) is 77.5 Å². The Morgan fingerprint density at radius 3 is 2.50 bits per heavy atom. The zero-order chi connectivity index (χ0) is 21.3. The molecule has 4 rings (SSSR count). The molecule has 2 aromatic heterocycles. The lowest BCUT2D eigenvalue weighted by atomic mass is 9.91. The molecule has 0 fully saturated rings.